The molecule has 6 heteroatoms. The molecule has 0 saturated carbocycles. The number of rotatable bonds is 4. The second kappa shape index (κ2) is 6.98. The molecular formula is C16H16N2O2S2. The number of carbonyl (C=O) groups is 2. The molecule has 0 aliphatic carbocycles. The summed E-state index contributed by atoms with van der Waals surface area (Å²) in [7, 11) is 0. The molecule has 1 fully saturated rings. The van der Waals surface area contributed by atoms with Crippen molar-refractivity contribution < 1.29 is 9.59 Å². The van der Waals surface area contributed by atoms with Gasteiger partial charge in [0.05, 0.1) is 17.2 Å². The maximum absolute atomic E-state index is 12.1. The van der Waals surface area contributed by atoms with Gasteiger partial charge in [-0.3, -0.25) is 9.59 Å². The molecule has 2 heterocycles. The van der Waals surface area contributed by atoms with E-state index in [0.717, 1.165) is 29.4 Å². The van der Waals surface area contributed by atoms with Gasteiger partial charge in [-0.25, -0.2) is 0 Å². The van der Waals surface area contributed by atoms with E-state index in [1.54, 1.807) is 17.8 Å². The van der Waals surface area contributed by atoms with Crippen LogP contribution in [0.25, 0.3) is 0 Å². The molecule has 0 bridgehead atoms. The van der Waals surface area contributed by atoms with E-state index in [2.05, 4.69) is 5.32 Å². The van der Waals surface area contributed by atoms with Gasteiger partial charge in [0, 0.05) is 18.0 Å². The fraction of sp³-hybridized carbons (Fsp3) is 0.250. The van der Waals surface area contributed by atoms with Crippen molar-refractivity contribution in [3.05, 3.63) is 52.2 Å². The molecule has 1 N–H and O–H groups in total. The Hall–Kier alpha value is -1.79. The van der Waals surface area contributed by atoms with Gasteiger partial charge < -0.3 is 10.2 Å². The SMILES string of the molecule is O=C(Nc1ccc(CC(=O)N2CCSC2)cc1)c1cccs1. The van der Waals surface area contributed by atoms with E-state index in [-0.39, 0.29) is 11.8 Å². The molecule has 1 aliphatic rings. The molecule has 114 valence electrons. The summed E-state index contributed by atoms with van der Waals surface area (Å²) >= 11 is 3.20. The summed E-state index contributed by atoms with van der Waals surface area (Å²) in [6, 6.07) is 11.1. The summed E-state index contributed by atoms with van der Waals surface area (Å²) in [6.07, 6.45) is 0.416. The van der Waals surface area contributed by atoms with Gasteiger partial charge in [-0.15, -0.1) is 23.1 Å². The quantitative estimate of drug-likeness (QED) is 0.936. The Bertz CT molecular complexity index is 647. The van der Waals surface area contributed by atoms with Gasteiger partial charge in [0.15, 0.2) is 0 Å². The molecule has 1 aromatic heterocycles. The first kappa shape index (κ1) is 15.1. The molecule has 22 heavy (non-hydrogen) atoms. The van der Waals surface area contributed by atoms with Crippen molar-refractivity contribution >= 4 is 40.6 Å². The number of amides is 2. The summed E-state index contributed by atoms with van der Waals surface area (Å²) in [5, 5.41) is 4.73. The Kier molecular flexibility index (Phi) is 4.80. The molecule has 2 amide bonds. The molecule has 1 saturated heterocycles. The first-order chi connectivity index (χ1) is 10.7. The number of thiophene rings is 1. The lowest BCUT2D eigenvalue weighted by Crippen LogP contribution is -2.29. The zero-order valence-corrected chi connectivity index (χ0v) is 13.6. The Morgan fingerprint density at radius 1 is 1.18 bits per heavy atom. The van der Waals surface area contributed by atoms with Gasteiger partial charge in [0.2, 0.25) is 5.91 Å². The molecule has 0 spiro atoms. The van der Waals surface area contributed by atoms with Crippen LogP contribution in [0.15, 0.2) is 41.8 Å². The molecule has 0 radical (unpaired) electrons. The lowest BCUT2D eigenvalue weighted by molar-refractivity contribution is -0.128. The standard InChI is InChI=1S/C16H16N2O2S2/c19-15(18-7-9-21-11-18)10-12-3-5-13(6-4-12)17-16(20)14-2-1-8-22-14/h1-6,8H,7,9-11H2,(H,17,20). The largest absolute Gasteiger partial charge is 0.332 e. The summed E-state index contributed by atoms with van der Waals surface area (Å²) < 4.78 is 0. The molecule has 4 nitrogen and oxygen atoms in total. The summed E-state index contributed by atoms with van der Waals surface area (Å²) in [4.78, 5) is 26.6. The number of benzene rings is 1. The summed E-state index contributed by atoms with van der Waals surface area (Å²) in [6.45, 7) is 0.846. The fourth-order valence-electron chi connectivity index (χ4n) is 2.20. The highest BCUT2D eigenvalue weighted by atomic mass is 32.2. The number of nitrogens with zero attached hydrogens (tertiary/aromatic N) is 1. The van der Waals surface area contributed by atoms with Crippen molar-refractivity contribution in [2.45, 2.75) is 6.42 Å². The summed E-state index contributed by atoms with van der Waals surface area (Å²) in [5.41, 5.74) is 1.71. The zero-order valence-electron chi connectivity index (χ0n) is 12.0. The van der Waals surface area contributed by atoms with Crippen LogP contribution in [-0.2, 0) is 11.2 Å². The van der Waals surface area contributed by atoms with Crippen molar-refractivity contribution in [2.75, 3.05) is 23.5 Å². The lowest BCUT2D eigenvalue weighted by Gasteiger charge is -2.14. The smallest absolute Gasteiger partial charge is 0.265 e. The highest BCUT2D eigenvalue weighted by Crippen LogP contribution is 2.17. The first-order valence-electron chi connectivity index (χ1n) is 7.02. The Labute approximate surface area is 137 Å². The maximum Gasteiger partial charge on any atom is 0.265 e. The highest BCUT2D eigenvalue weighted by Gasteiger charge is 2.18. The van der Waals surface area contributed by atoms with Crippen LogP contribution in [0, 0.1) is 0 Å². The third-order valence-electron chi connectivity index (χ3n) is 3.42. The summed E-state index contributed by atoms with van der Waals surface area (Å²) in [5.74, 6) is 1.89. The predicted octanol–water partition coefficient (Wildman–Crippen LogP) is 3.08. The number of hydrogen-bond acceptors (Lipinski definition) is 4. The van der Waals surface area contributed by atoms with Crippen molar-refractivity contribution in [3.63, 3.8) is 0 Å². The van der Waals surface area contributed by atoms with E-state index in [9.17, 15) is 9.59 Å². The second-order valence-electron chi connectivity index (χ2n) is 5.00. The van der Waals surface area contributed by atoms with Crippen molar-refractivity contribution in [1.29, 1.82) is 0 Å². The van der Waals surface area contributed by atoms with E-state index in [1.807, 2.05) is 40.6 Å². The van der Waals surface area contributed by atoms with Crippen LogP contribution >= 0.6 is 23.1 Å². The normalized spacial score (nSPS) is 14.1. The van der Waals surface area contributed by atoms with Gasteiger partial charge in [-0.05, 0) is 29.1 Å². The zero-order chi connectivity index (χ0) is 15.4. The van der Waals surface area contributed by atoms with Crippen LogP contribution in [0.5, 0.6) is 0 Å². The van der Waals surface area contributed by atoms with Gasteiger partial charge in [0.1, 0.15) is 0 Å². The van der Waals surface area contributed by atoms with Crippen molar-refractivity contribution in [2.24, 2.45) is 0 Å². The molecule has 1 aliphatic heterocycles. The van der Waals surface area contributed by atoms with Crippen LogP contribution in [0.3, 0.4) is 0 Å². The molecule has 3 rings (SSSR count). The van der Waals surface area contributed by atoms with Crippen LogP contribution in [0.4, 0.5) is 5.69 Å². The Balaban J connectivity index is 1.58. The Morgan fingerprint density at radius 2 is 2.00 bits per heavy atom. The fourth-order valence-corrected chi connectivity index (χ4v) is 3.79. The molecule has 0 unspecified atom stereocenters. The monoisotopic (exact) mass is 332 g/mol. The average molecular weight is 332 g/mol. The predicted molar refractivity (Wildman–Crippen MR) is 91.5 cm³/mol. The van der Waals surface area contributed by atoms with Crippen LogP contribution in [0.1, 0.15) is 15.2 Å². The highest BCUT2D eigenvalue weighted by molar-refractivity contribution is 7.99. The maximum atomic E-state index is 12.1. The third kappa shape index (κ3) is 3.69. The van der Waals surface area contributed by atoms with Crippen LogP contribution in [-0.4, -0.2) is 34.9 Å². The molecular weight excluding hydrogens is 316 g/mol. The first-order valence-corrected chi connectivity index (χ1v) is 9.05. The number of thioether (sulfide) groups is 1. The minimum absolute atomic E-state index is 0.104. The third-order valence-corrected chi connectivity index (χ3v) is 5.25. The van der Waals surface area contributed by atoms with E-state index >= 15 is 0 Å². The van der Waals surface area contributed by atoms with Crippen molar-refractivity contribution in [1.82, 2.24) is 4.90 Å². The van der Waals surface area contributed by atoms with Gasteiger partial charge in [0.25, 0.3) is 5.91 Å². The number of hydrogen-bond donors (Lipinski definition) is 1. The minimum Gasteiger partial charge on any atom is -0.332 e. The molecule has 0 atom stereocenters. The van der Waals surface area contributed by atoms with E-state index in [1.165, 1.54) is 11.3 Å². The molecule has 1 aromatic carbocycles. The number of anilines is 1. The van der Waals surface area contributed by atoms with Crippen molar-refractivity contribution in [3.8, 4) is 0 Å². The lowest BCUT2D eigenvalue weighted by atomic mass is 10.1. The van der Waals surface area contributed by atoms with E-state index < -0.39 is 0 Å². The van der Waals surface area contributed by atoms with E-state index in [4.69, 9.17) is 0 Å². The number of carbonyl (C=O) groups excluding carboxylic acids is 2. The topological polar surface area (TPSA) is 49.4 Å². The van der Waals surface area contributed by atoms with Crippen LogP contribution in [0.2, 0.25) is 0 Å². The van der Waals surface area contributed by atoms with Crippen LogP contribution < -0.4 is 5.32 Å². The number of nitrogens with one attached hydrogen (secondary N) is 1. The second-order valence-corrected chi connectivity index (χ2v) is 7.02. The Morgan fingerprint density at radius 3 is 2.64 bits per heavy atom. The van der Waals surface area contributed by atoms with Gasteiger partial charge in [-0.1, -0.05) is 18.2 Å². The van der Waals surface area contributed by atoms with Gasteiger partial charge in [-0.2, -0.15) is 0 Å². The van der Waals surface area contributed by atoms with Gasteiger partial charge >= 0.3 is 0 Å². The minimum atomic E-state index is -0.104. The molecule has 2 aromatic rings. The van der Waals surface area contributed by atoms with E-state index in [0.29, 0.717) is 11.3 Å². The average Bonchev–Trinajstić information content (AvgIpc) is 3.23.